The van der Waals surface area contributed by atoms with Crippen molar-refractivity contribution in [1.82, 2.24) is 5.32 Å². The Morgan fingerprint density at radius 3 is 1.54 bits per heavy atom. The number of phosphoric acid groups is 1. The lowest BCUT2D eigenvalue weighted by Gasteiger charge is -2.30. The van der Waals surface area contributed by atoms with Crippen LogP contribution in [0.15, 0.2) is 24.3 Å². The van der Waals surface area contributed by atoms with Gasteiger partial charge < -0.3 is 28.8 Å². The molecule has 0 radical (unpaired) electrons. The van der Waals surface area contributed by atoms with Crippen LogP contribution in [0.2, 0.25) is 0 Å². The van der Waals surface area contributed by atoms with Crippen LogP contribution in [0.3, 0.4) is 0 Å². The van der Waals surface area contributed by atoms with Crippen molar-refractivity contribution in [2.24, 2.45) is 0 Å². The van der Waals surface area contributed by atoms with Crippen LogP contribution in [0.5, 0.6) is 0 Å². The van der Waals surface area contributed by atoms with Gasteiger partial charge in [-0.1, -0.05) is 205 Å². The van der Waals surface area contributed by atoms with E-state index in [4.69, 9.17) is 9.05 Å². The number of aliphatic hydroxyl groups is 1. The largest absolute Gasteiger partial charge is 0.756 e. The predicted molar refractivity (Wildman–Crippen MR) is 242 cm³/mol. The van der Waals surface area contributed by atoms with E-state index in [0.717, 1.165) is 51.4 Å². The smallest absolute Gasteiger partial charge is 0.268 e. The minimum absolute atomic E-state index is 0.0135. The van der Waals surface area contributed by atoms with Gasteiger partial charge in [0.15, 0.2) is 0 Å². The summed E-state index contributed by atoms with van der Waals surface area (Å²) in [4.78, 5) is 25.4. The van der Waals surface area contributed by atoms with Crippen molar-refractivity contribution in [3.63, 3.8) is 0 Å². The topological polar surface area (TPSA) is 108 Å². The van der Waals surface area contributed by atoms with Crippen LogP contribution in [0.4, 0.5) is 0 Å². The van der Waals surface area contributed by atoms with E-state index in [1.165, 1.54) is 148 Å². The first kappa shape index (κ1) is 56.0. The number of nitrogens with one attached hydrogen (secondary N) is 1. The molecule has 0 heterocycles. The predicted octanol–water partition coefficient (Wildman–Crippen LogP) is 13.1. The van der Waals surface area contributed by atoms with E-state index >= 15 is 0 Å². The Balaban J connectivity index is 4.24. The van der Waals surface area contributed by atoms with Gasteiger partial charge >= 0.3 is 0 Å². The molecule has 0 aliphatic rings. The first-order valence-electron chi connectivity index (χ1n) is 24.2. The molecular formula is C48H95N2O6P. The third kappa shape index (κ3) is 42.9. The Morgan fingerprint density at radius 2 is 1.07 bits per heavy atom. The average Bonchev–Trinajstić information content (AvgIpc) is 3.16. The molecule has 0 aliphatic heterocycles. The summed E-state index contributed by atoms with van der Waals surface area (Å²) in [7, 11) is 1.31. The number of rotatable bonds is 44. The molecule has 2 N–H and O–H groups in total. The Kier molecular flexibility index (Phi) is 39.7. The summed E-state index contributed by atoms with van der Waals surface area (Å²) in [5.74, 6) is -0.164. The van der Waals surface area contributed by atoms with Gasteiger partial charge in [-0.05, 0) is 38.5 Å². The number of hydrogen-bond donors (Lipinski definition) is 2. The van der Waals surface area contributed by atoms with E-state index in [-0.39, 0.29) is 19.1 Å². The highest BCUT2D eigenvalue weighted by Gasteiger charge is 2.24. The van der Waals surface area contributed by atoms with E-state index in [1.54, 1.807) is 0 Å². The molecule has 3 unspecified atom stereocenters. The second-order valence-corrected chi connectivity index (χ2v) is 19.2. The number of amides is 1. The minimum atomic E-state index is -4.56. The van der Waals surface area contributed by atoms with Gasteiger partial charge in [-0.25, -0.2) is 0 Å². The fourth-order valence-corrected chi connectivity index (χ4v) is 7.86. The number of quaternary nitrogens is 1. The van der Waals surface area contributed by atoms with Crippen molar-refractivity contribution in [3.8, 4) is 0 Å². The summed E-state index contributed by atoms with van der Waals surface area (Å²) < 4.78 is 23.3. The first-order valence-corrected chi connectivity index (χ1v) is 25.6. The van der Waals surface area contributed by atoms with Crippen molar-refractivity contribution in [2.75, 3.05) is 40.9 Å². The van der Waals surface area contributed by atoms with Crippen molar-refractivity contribution in [1.29, 1.82) is 0 Å². The van der Waals surface area contributed by atoms with Crippen LogP contribution >= 0.6 is 7.82 Å². The van der Waals surface area contributed by atoms with E-state index in [1.807, 2.05) is 21.1 Å². The zero-order chi connectivity index (χ0) is 42.1. The van der Waals surface area contributed by atoms with Gasteiger partial charge in [-0.2, -0.15) is 0 Å². The molecule has 0 saturated heterocycles. The highest BCUT2D eigenvalue weighted by atomic mass is 31.2. The molecule has 0 rings (SSSR count). The second kappa shape index (κ2) is 40.4. The third-order valence-corrected chi connectivity index (χ3v) is 11.9. The van der Waals surface area contributed by atoms with Crippen molar-refractivity contribution < 1.29 is 32.9 Å². The van der Waals surface area contributed by atoms with Gasteiger partial charge in [-0.15, -0.1) is 0 Å². The van der Waals surface area contributed by atoms with E-state index in [2.05, 4.69) is 43.5 Å². The minimum Gasteiger partial charge on any atom is -0.756 e. The van der Waals surface area contributed by atoms with Gasteiger partial charge in [0.25, 0.3) is 7.82 Å². The van der Waals surface area contributed by atoms with E-state index in [0.29, 0.717) is 23.9 Å². The summed E-state index contributed by atoms with van der Waals surface area (Å²) in [6.45, 7) is 4.63. The number of likely N-dealkylation sites (N-methyl/N-ethyl adjacent to an activating group) is 1. The quantitative estimate of drug-likeness (QED) is 0.0274. The Bertz CT molecular complexity index is 984. The van der Waals surface area contributed by atoms with Crippen LogP contribution in [-0.2, 0) is 18.4 Å². The van der Waals surface area contributed by atoms with Crippen molar-refractivity contribution in [2.45, 2.75) is 238 Å². The Morgan fingerprint density at radius 1 is 0.632 bits per heavy atom. The average molecular weight is 827 g/mol. The molecule has 9 heteroatoms. The Labute approximate surface area is 354 Å². The number of allylic oxidation sites excluding steroid dienone is 4. The van der Waals surface area contributed by atoms with E-state index in [9.17, 15) is 19.4 Å². The third-order valence-electron chi connectivity index (χ3n) is 11.0. The van der Waals surface area contributed by atoms with E-state index < -0.39 is 20.0 Å². The van der Waals surface area contributed by atoms with Gasteiger partial charge in [0.1, 0.15) is 13.2 Å². The zero-order valence-corrected chi connectivity index (χ0v) is 39.2. The van der Waals surface area contributed by atoms with Gasteiger partial charge in [-0.3, -0.25) is 9.36 Å². The number of nitrogens with zero attached hydrogens (tertiary/aromatic N) is 1. The highest BCUT2D eigenvalue weighted by molar-refractivity contribution is 7.45. The molecule has 0 aromatic carbocycles. The molecule has 0 bridgehead atoms. The van der Waals surface area contributed by atoms with Gasteiger partial charge in [0, 0.05) is 6.42 Å². The zero-order valence-electron chi connectivity index (χ0n) is 38.3. The summed E-state index contributed by atoms with van der Waals surface area (Å²) in [5, 5.41) is 13.9. The van der Waals surface area contributed by atoms with Gasteiger partial charge in [0.2, 0.25) is 5.91 Å². The summed E-state index contributed by atoms with van der Waals surface area (Å²) in [5.41, 5.74) is 0. The van der Waals surface area contributed by atoms with Crippen LogP contribution in [0.25, 0.3) is 0 Å². The maximum Gasteiger partial charge on any atom is 0.268 e. The Hall–Kier alpha value is -1.02. The molecule has 0 aromatic heterocycles. The number of carbonyl (C=O) groups is 1. The summed E-state index contributed by atoms with van der Waals surface area (Å²) in [6.07, 6.45) is 47.5. The standard InChI is InChI=1S/C48H95N2O6P/c1-6-8-10-12-14-16-18-20-22-23-24-25-26-27-28-30-32-34-36-38-40-42-48(52)49-46(45-56-57(53,54)55-44-43-50(3,4)5)47(51)41-39-37-35-33-31-29-21-19-17-15-13-11-9-7-2/h8,10,14,16,46-47,51H,6-7,9,11-13,15,17-45H2,1-5H3,(H-,49,52,53,54)/b10-8-,16-14-. The molecule has 338 valence electrons. The molecule has 0 fully saturated rings. The lowest BCUT2D eigenvalue weighted by molar-refractivity contribution is -0.870. The fourth-order valence-electron chi connectivity index (χ4n) is 7.14. The molecule has 0 saturated carbocycles. The maximum absolute atomic E-state index is 12.9. The summed E-state index contributed by atoms with van der Waals surface area (Å²) in [6, 6.07) is -0.797. The highest BCUT2D eigenvalue weighted by Crippen LogP contribution is 2.38. The molecule has 0 spiro atoms. The number of phosphoric ester groups is 1. The van der Waals surface area contributed by atoms with Crippen LogP contribution in [-0.4, -0.2) is 68.5 Å². The number of unbranched alkanes of at least 4 members (excludes halogenated alkanes) is 27. The lowest BCUT2D eigenvalue weighted by atomic mass is 10.0. The lowest BCUT2D eigenvalue weighted by Crippen LogP contribution is -2.46. The van der Waals surface area contributed by atoms with Crippen LogP contribution in [0, 0.1) is 0 Å². The number of hydrogen-bond acceptors (Lipinski definition) is 6. The molecule has 57 heavy (non-hydrogen) atoms. The number of carbonyl (C=O) groups excluding carboxylic acids is 1. The molecule has 8 nitrogen and oxygen atoms in total. The van der Waals surface area contributed by atoms with Gasteiger partial charge in [0.05, 0.1) is 39.9 Å². The fraction of sp³-hybridized carbons (Fsp3) is 0.896. The number of aliphatic hydroxyl groups excluding tert-OH is 1. The SMILES string of the molecule is CC/C=C\C/C=C\CCCCCCCCCCCCCCCCC(=O)NC(COP(=O)([O-])OCC[N+](C)(C)C)C(O)CCCCCCCCCCCCCCCC. The summed E-state index contributed by atoms with van der Waals surface area (Å²) >= 11 is 0. The molecule has 3 atom stereocenters. The second-order valence-electron chi connectivity index (χ2n) is 17.8. The molecular weight excluding hydrogens is 732 g/mol. The first-order chi connectivity index (χ1) is 27.5. The normalized spacial score (nSPS) is 14.4. The van der Waals surface area contributed by atoms with Crippen LogP contribution < -0.4 is 10.2 Å². The molecule has 0 aromatic rings. The molecule has 0 aliphatic carbocycles. The maximum atomic E-state index is 12.9. The monoisotopic (exact) mass is 827 g/mol. The molecule has 1 amide bonds. The van der Waals surface area contributed by atoms with Crippen molar-refractivity contribution in [3.05, 3.63) is 24.3 Å². The van der Waals surface area contributed by atoms with Crippen LogP contribution in [0.1, 0.15) is 226 Å². The van der Waals surface area contributed by atoms with Crippen molar-refractivity contribution >= 4 is 13.7 Å².